The van der Waals surface area contributed by atoms with Crippen LogP contribution in [-0.2, 0) is 26.1 Å². The molecule has 1 aromatic heterocycles. The van der Waals surface area contributed by atoms with Crippen LogP contribution >= 0.6 is 0 Å². The topological polar surface area (TPSA) is 107 Å². The second-order valence-corrected chi connectivity index (χ2v) is 9.75. The molecule has 0 saturated carbocycles. The Morgan fingerprint density at radius 3 is 2.33 bits per heavy atom. The molecule has 0 spiro atoms. The van der Waals surface area contributed by atoms with Gasteiger partial charge in [-0.3, -0.25) is 15.1 Å². The number of carbonyl (C=O) groups is 1. The summed E-state index contributed by atoms with van der Waals surface area (Å²) in [7, 11) is -1.30. The second-order valence-electron chi connectivity index (χ2n) is 8.07. The first-order chi connectivity index (χ1) is 17.4. The van der Waals surface area contributed by atoms with E-state index < -0.39 is 28.1 Å². The van der Waals surface area contributed by atoms with Gasteiger partial charge in [-0.2, -0.15) is 0 Å². The van der Waals surface area contributed by atoms with Crippen molar-refractivity contribution in [1.29, 1.82) is 0 Å². The molecular formula is C27H27N3O5S. The number of nitrogens with one attached hydrogen (secondary N) is 2. The van der Waals surface area contributed by atoms with Gasteiger partial charge >= 0.3 is 5.97 Å². The maximum atomic E-state index is 13.7. The minimum Gasteiger partial charge on any atom is -0.497 e. The van der Waals surface area contributed by atoms with Crippen molar-refractivity contribution >= 4 is 26.9 Å². The molecule has 2 atom stereocenters. The van der Waals surface area contributed by atoms with Crippen LogP contribution in [0.3, 0.4) is 0 Å². The highest BCUT2D eigenvalue weighted by Crippen LogP contribution is 2.27. The molecule has 4 rings (SSSR count). The predicted molar refractivity (Wildman–Crippen MR) is 137 cm³/mol. The van der Waals surface area contributed by atoms with Gasteiger partial charge in [0, 0.05) is 18.1 Å². The molecule has 0 aliphatic carbocycles. The molecule has 0 aliphatic heterocycles. The number of benzene rings is 3. The molecule has 1 heterocycles. The largest absolute Gasteiger partial charge is 0.497 e. The van der Waals surface area contributed by atoms with Gasteiger partial charge in [-0.05, 0) is 35.4 Å². The van der Waals surface area contributed by atoms with E-state index in [1.54, 1.807) is 61.8 Å². The molecule has 0 bridgehead atoms. The Bertz CT molecular complexity index is 1420. The van der Waals surface area contributed by atoms with Crippen LogP contribution in [-0.4, -0.2) is 39.6 Å². The lowest BCUT2D eigenvalue weighted by molar-refractivity contribution is -0.143. The number of methoxy groups -OCH3 is 2. The van der Waals surface area contributed by atoms with Gasteiger partial charge in [-0.1, -0.05) is 60.7 Å². The standard InChI is InChI=1S/C27H27N3O5S/c1-34-22-15-13-21(14-16-22)25(26(27(31)35-2)29-18-19-8-4-3-5-9-19)30-36(32,33)23-12-6-10-20-11-7-17-28-24(20)23/h3-17,25-26,29-30H,18H2,1-2H3/t25-,26-/m0/s1. The van der Waals surface area contributed by atoms with Crippen molar-refractivity contribution in [2.24, 2.45) is 0 Å². The number of esters is 1. The van der Waals surface area contributed by atoms with Gasteiger partial charge < -0.3 is 9.47 Å². The number of aromatic nitrogens is 1. The molecule has 3 aromatic carbocycles. The second kappa shape index (κ2) is 11.3. The van der Waals surface area contributed by atoms with E-state index in [4.69, 9.17) is 9.47 Å². The van der Waals surface area contributed by atoms with E-state index >= 15 is 0 Å². The fourth-order valence-corrected chi connectivity index (χ4v) is 5.37. The molecule has 9 heteroatoms. The van der Waals surface area contributed by atoms with E-state index in [0.717, 1.165) is 5.56 Å². The third-order valence-corrected chi connectivity index (χ3v) is 7.27. The third kappa shape index (κ3) is 5.71. The summed E-state index contributed by atoms with van der Waals surface area (Å²) < 4.78 is 40.4. The number of hydrogen-bond acceptors (Lipinski definition) is 7. The van der Waals surface area contributed by atoms with Crippen LogP contribution in [0.25, 0.3) is 10.9 Å². The lowest BCUT2D eigenvalue weighted by Gasteiger charge is -2.28. The first-order valence-electron chi connectivity index (χ1n) is 11.3. The molecular weight excluding hydrogens is 478 g/mol. The maximum absolute atomic E-state index is 13.7. The molecule has 8 nitrogen and oxygen atoms in total. The molecule has 0 amide bonds. The van der Waals surface area contributed by atoms with Crippen molar-refractivity contribution in [3.8, 4) is 5.75 Å². The summed E-state index contributed by atoms with van der Waals surface area (Å²) >= 11 is 0. The Morgan fingerprint density at radius 2 is 1.64 bits per heavy atom. The van der Waals surface area contributed by atoms with Gasteiger partial charge in [0.05, 0.1) is 25.8 Å². The normalized spacial score (nSPS) is 13.2. The van der Waals surface area contributed by atoms with Crippen molar-refractivity contribution < 1.29 is 22.7 Å². The predicted octanol–water partition coefficient (Wildman–Crippen LogP) is 3.59. The number of para-hydroxylation sites is 1. The van der Waals surface area contributed by atoms with Crippen molar-refractivity contribution in [2.75, 3.05) is 14.2 Å². The smallest absolute Gasteiger partial charge is 0.324 e. The molecule has 0 radical (unpaired) electrons. The minimum absolute atomic E-state index is 0.0192. The van der Waals surface area contributed by atoms with E-state index in [1.165, 1.54) is 13.2 Å². The quantitative estimate of drug-likeness (QED) is 0.317. The Labute approximate surface area is 210 Å². The summed E-state index contributed by atoms with van der Waals surface area (Å²) in [4.78, 5) is 17.2. The van der Waals surface area contributed by atoms with Crippen LogP contribution in [0.15, 0.2) is 96.0 Å². The van der Waals surface area contributed by atoms with Crippen LogP contribution in [0.1, 0.15) is 17.2 Å². The summed E-state index contributed by atoms with van der Waals surface area (Å²) in [5, 5.41) is 3.86. The molecule has 4 aromatic rings. The summed E-state index contributed by atoms with van der Waals surface area (Å²) in [6, 6.07) is 22.8. The molecule has 0 aliphatic rings. The zero-order valence-corrected chi connectivity index (χ0v) is 20.7. The summed E-state index contributed by atoms with van der Waals surface area (Å²) in [5.74, 6) is -0.00373. The SMILES string of the molecule is COC(=O)[C@@H](NCc1ccccc1)[C@@H](NS(=O)(=O)c1cccc2cccnc12)c1ccc(OC)cc1. The minimum atomic E-state index is -4.11. The number of hydrogen-bond donors (Lipinski definition) is 2. The Morgan fingerprint density at radius 1 is 0.917 bits per heavy atom. The maximum Gasteiger partial charge on any atom is 0.324 e. The average Bonchev–Trinajstić information content (AvgIpc) is 2.92. The number of fused-ring (bicyclic) bond motifs is 1. The van der Waals surface area contributed by atoms with Gasteiger partial charge in [-0.25, -0.2) is 13.1 Å². The van der Waals surface area contributed by atoms with Gasteiger partial charge in [-0.15, -0.1) is 0 Å². The Balaban J connectivity index is 1.75. The molecule has 0 unspecified atom stereocenters. The summed E-state index contributed by atoms with van der Waals surface area (Å²) in [6.45, 7) is 0.324. The molecule has 0 fully saturated rings. The first kappa shape index (κ1) is 25.3. The highest BCUT2D eigenvalue weighted by molar-refractivity contribution is 7.89. The molecule has 186 valence electrons. The lowest BCUT2D eigenvalue weighted by Crippen LogP contribution is -2.48. The van der Waals surface area contributed by atoms with E-state index in [2.05, 4.69) is 15.0 Å². The highest BCUT2D eigenvalue weighted by Gasteiger charge is 2.34. The zero-order valence-electron chi connectivity index (χ0n) is 19.9. The number of carbonyl (C=O) groups excluding carboxylic acids is 1. The van der Waals surface area contributed by atoms with Gasteiger partial charge in [0.2, 0.25) is 10.0 Å². The fourth-order valence-electron chi connectivity index (χ4n) is 3.95. The molecule has 36 heavy (non-hydrogen) atoms. The number of ether oxygens (including phenoxy) is 2. The number of rotatable bonds is 10. The number of nitrogens with zero attached hydrogens (tertiary/aromatic N) is 1. The van der Waals surface area contributed by atoms with Crippen LogP contribution in [0.4, 0.5) is 0 Å². The Hall–Kier alpha value is -3.79. The van der Waals surface area contributed by atoms with Gasteiger partial charge in [0.15, 0.2) is 0 Å². The van der Waals surface area contributed by atoms with Crippen molar-refractivity contribution in [2.45, 2.75) is 23.5 Å². The average molecular weight is 506 g/mol. The first-order valence-corrected chi connectivity index (χ1v) is 12.8. The van der Waals surface area contributed by atoms with E-state index in [1.807, 2.05) is 30.3 Å². The van der Waals surface area contributed by atoms with E-state index in [0.29, 0.717) is 28.8 Å². The van der Waals surface area contributed by atoms with Crippen LogP contribution in [0.2, 0.25) is 0 Å². The Kier molecular flexibility index (Phi) is 7.94. The number of sulfonamides is 1. The third-order valence-electron chi connectivity index (χ3n) is 5.80. The fraction of sp³-hybridized carbons (Fsp3) is 0.185. The van der Waals surface area contributed by atoms with Crippen LogP contribution in [0.5, 0.6) is 5.75 Å². The number of pyridine rings is 1. The van der Waals surface area contributed by atoms with Crippen LogP contribution in [0, 0.1) is 0 Å². The van der Waals surface area contributed by atoms with Crippen LogP contribution < -0.4 is 14.8 Å². The summed E-state index contributed by atoms with van der Waals surface area (Å²) in [5.41, 5.74) is 1.83. The monoisotopic (exact) mass is 505 g/mol. The van der Waals surface area contributed by atoms with E-state index in [-0.39, 0.29) is 4.90 Å². The van der Waals surface area contributed by atoms with Crippen molar-refractivity contribution in [3.63, 3.8) is 0 Å². The lowest BCUT2D eigenvalue weighted by atomic mass is 9.99. The van der Waals surface area contributed by atoms with Crippen molar-refractivity contribution in [3.05, 3.63) is 102 Å². The van der Waals surface area contributed by atoms with Crippen molar-refractivity contribution in [1.82, 2.24) is 15.0 Å². The molecule has 2 N–H and O–H groups in total. The summed E-state index contributed by atoms with van der Waals surface area (Å²) in [6.07, 6.45) is 1.54. The van der Waals surface area contributed by atoms with Gasteiger partial charge in [0.1, 0.15) is 16.7 Å². The van der Waals surface area contributed by atoms with Gasteiger partial charge in [0.25, 0.3) is 0 Å². The zero-order chi connectivity index (χ0) is 25.5. The van der Waals surface area contributed by atoms with E-state index in [9.17, 15) is 13.2 Å². The highest BCUT2D eigenvalue weighted by atomic mass is 32.2. The molecule has 0 saturated heterocycles.